The number of rotatable bonds is 7. The van der Waals surface area contributed by atoms with Crippen molar-refractivity contribution in [2.24, 2.45) is 7.05 Å². The van der Waals surface area contributed by atoms with Gasteiger partial charge in [-0.2, -0.15) is 0 Å². The van der Waals surface area contributed by atoms with E-state index >= 15 is 0 Å². The lowest BCUT2D eigenvalue weighted by atomic mass is 9.98. The Morgan fingerprint density at radius 1 is 1.18 bits per heavy atom. The topological polar surface area (TPSA) is 116 Å². The SMILES string of the molecule is Cc1c(NC(=O)[C@@H]2CCC[C@H](c3nnc(-c4cc(Cl)ccc4OC(C)C)o3)N2)c(=O)n(-c2ccccc2)n1C. The van der Waals surface area contributed by atoms with Crippen molar-refractivity contribution >= 4 is 23.2 Å². The first-order chi connectivity index (χ1) is 18.7. The summed E-state index contributed by atoms with van der Waals surface area (Å²) in [7, 11) is 1.79. The molecule has 0 aliphatic carbocycles. The summed E-state index contributed by atoms with van der Waals surface area (Å²) in [6.45, 7) is 5.67. The summed E-state index contributed by atoms with van der Waals surface area (Å²) in [4.78, 5) is 26.5. The third-order valence-corrected chi connectivity index (χ3v) is 7.02. The molecule has 0 spiro atoms. The van der Waals surface area contributed by atoms with E-state index in [4.69, 9.17) is 20.8 Å². The van der Waals surface area contributed by atoms with E-state index in [0.717, 1.165) is 18.5 Å². The summed E-state index contributed by atoms with van der Waals surface area (Å²) in [6, 6.07) is 13.7. The number of hydrogen-bond donors (Lipinski definition) is 2. The molecule has 10 nitrogen and oxygen atoms in total. The van der Waals surface area contributed by atoms with Gasteiger partial charge in [-0.05, 0) is 70.4 Å². The molecule has 1 aliphatic heterocycles. The number of nitrogens with zero attached hydrogens (tertiary/aromatic N) is 4. The highest BCUT2D eigenvalue weighted by atomic mass is 35.5. The number of nitrogens with one attached hydrogen (secondary N) is 2. The smallest absolute Gasteiger partial charge is 0.295 e. The quantitative estimate of drug-likeness (QED) is 0.339. The molecular weight excluding hydrogens is 520 g/mol. The lowest BCUT2D eigenvalue weighted by molar-refractivity contribution is -0.119. The van der Waals surface area contributed by atoms with E-state index in [1.54, 1.807) is 36.9 Å². The van der Waals surface area contributed by atoms with Crippen LogP contribution in [-0.2, 0) is 11.8 Å². The van der Waals surface area contributed by atoms with Gasteiger partial charge in [-0.3, -0.25) is 19.6 Å². The lowest BCUT2D eigenvalue weighted by Crippen LogP contribution is -2.45. The van der Waals surface area contributed by atoms with Crippen LogP contribution in [0, 0.1) is 6.92 Å². The van der Waals surface area contributed by atoms with Gasteiger partial charge >= 0.3 is 0 Å². The molecule has 0 bridgehead atoms. The number of aromatic nitrogens is 4. The Hall–Kier alpha value is -3.89. The Kier molecular flexibility index (Phi) is 7.58. The van der Waals surface area contributed by atoms with Crippen LogP contribution < -0.4 is 20.9 Å². The molecule has 0 unspecified atom stereocenters. The predicted octanol–water partition coefficient (Wildman–Crippen LogP) is 4.80. The zero-order valence-corrected chi connectivity index (χ0v) is 23.0. The highest BCUT2D eigenvalue weighted by Crippen LogP contribution is 2.34. The first-order valence-corrected chi connectivity index (χ1v) is 13.3. The van der Waals surface area contributed by atoms with Crippen molar-refractivity contribution in [3.63, 3.8) is 0 Å². The summed E-state index contributed by atoms with van der Waals surface area (Å²) in [5.41, 5.74) is 1.96. The average molecular weight is 551 g/mol. The van der Waals surface area contributed by atoms with Crippen LogP contribution >= 0.6 is 11.6 Å². The Labute approximate surface area is 230 Å². The van der Waals surface area contributed by atoms with Gasteiger partial charge in [0.05, 0.1) is 35.1 Å². The van der Waals surface area contributed by atoms with Crippen molar-refractivity contribution in [1.29, 1.82) is 0 Å². The molecule has 2 aromatic heterocycles. The number of benzene rings is 2. The van der Waals surface area contributed by atoms with Gasteiger partial charge in [0, 0.05) is 12.1 Å². The van der Waals surface area contributed by atoms with Crippen molar-refractivity contribution in [1.82, 2.24) is 24.9 Å². The molecule has 39 heavy (non-hydrogen) atoms. The molecule has 2 N–H and O–H groups in total. The molecule has 1 aliphatic rings. The first kappa shape index (κ1) is 26.7. The van der Waals surface area contributed by atoms with Gasteiger partial charge < -0.3 is 14.5 Å². The third-order valence-electron chi connectivity index (χ3n) is 6.78. The molecule has 1 fully saturated rings. The van der Waals surface area contributed by atoms with Gasteiger partial charge in [0.25, 0.3) is 11.4 Å². The zero-order valence-electron chi connectivity index (χ0n) is 22.3. The second-order valence-corrected chi connectivity index (χ2v) is 10.3. The van der Waals surface area contributed by atoms with E-state index in [-0.39, 0.29) is 35.2 Å². The van der Waals surface area contributed by atoms with Crippen LogP contribution in [0.4, 0.5) is 5.69 Å². The molecular formula is C28H31ClN6O4. The average Bonchev–Trinajstić information content (AvgIpc) is 3.50. The Balaban J connectivity index is 1.33. The number of para-hydroxylation sites is 1. The van der Waals surface area contributed by atoms with E-state index in [2.05, 4.69) is 20.8 Å². The maximum Gasteiger partial charge on any atom is 0.295 e. The van der Waals surface area contributed by atoms with Gasteiger partial charge in [0.1, 0.15) is 11.4 Å². The van der Waals surface area contributed by atoms with Crippen LogP contribution in [0.5, 0.6) is 5.75 Å². The molecule has 1 amide bonds. The normalized spacial score (nSPS) is 17.4. The zero-order chi connectivity index (χ0) is 27.7. The van der Waals surface area contributed by atoms with Crippen LogP contribution in [0.15, 0.2) is 57.7 Å². The van der Waals surface area contributed by atoms with Crippen LogP contribution in [0.3, 0.4) is 0 Å². The van der Waals surface area contributed by atoms with Crippen LogP contribution in [0.1, 0.15) is 50.7 Å². The first-order valence-electron chi connectivity index (χ1n) is 12.9. The van der Waals surface area contributed by atoms with Crippen molar-refractivity contribution in [2.75, 3.05) is 5.32 Å². The Morgan fingerprint density at radius 2 is 1.95 bits per heavy atom. The Bertz CT molecular complexity index is 1540. The highest BCUT2D eigenvalue weighted by Gasteiger charge is 2.32. The number of amides is 1. The molecule has 5 rings (SSSR count). The highest BCUT2D eigenvalue weighted by molar-refractivity contribution is 6.30. The molecule has 1 saturated heterocycles. The minimum atomic E-state index is -0.533. The van der Waals surface area contributed by atoms with Gasteiger partial charge in [-0.15, -0.1) is 10.2 Å². The summed E-state index contributed by atoms with van der Waals surface area (Å²) in [6.07, 6.45) is 2.06. The number of carbonyl (C=O) groups is 1. The molecule has 2 aromatic carbocycles. The fourth-order valence-electron chi connectivity index (χ4n) is 4.77. The molecule has 0 radical (unpaired) electrons. The molecule has 2 atom stereocenters. The van der Waals surface area contributed by atoms with Crippen molar-refractivity contribution < 1.29 is 13.9 Å². The molecule has 11 heteroatoms. The predicted molar refractivity (Wildman–Crippen MR) is 148 cm³/mol. The molecule has 0 saturated carbocycles. The van der Waals surface area contributed by atoms with E-state index in [1.807, 2.05) is 44.2 Å². The van der Waals surface area contributed by atoms with E-state index < -0.39 is 6.04 Å². The van der Waals surface area contributed by atoms with Crippen molar-refractivity contribution in [3.05, 3.63) is 75.5 Å². The summed E-state index contributed by atoms with van der Waals surface area (Å²) in [5.74, 6) is 0.976. The summed E-state index contributed by atoms with van der Waals surface area (Å²) >= 11 is 6.22. The number of hydrogen-bond acceptors (Lipinski definition) is 7. The largest absolute Gasteiger partial charge is 0.490 e. The minimum absolute atomic E-state index is 0.0448. The minimum Gasteiger partial charge on any atom is -0.490 e. The second-order valence-electron chi connectivity index (χ2n) is 9.88. The maximum absolute atomic E-state index is 13.3. The monoisotopic (exact) mass is 550 g/mol. The maximum atomic E-state index is 13.3. The third kappa shape index (κ3) is 5.48. The fourth-order valence-corrected chi connectivity index (χ4v) is 4.94. The van der Waals surface area contributed by atoms with E-state index in [0.29, 0.717) is 34.3 Å². The van der Waals surface area contributed by atoms with E-state index in [1.165, 1.54) is 4.68 Å². The number of ether oxygens (including phenoxy) is 1. The number of piperidine rings is 1. The van der Waals surface area contributed by atoms with Gasteiger partial charge in [-0.25, -0.2) is 4.68 Å². The fraction of sp³-hybridized carbons (Fsp3) is 0.357. The Morgan fingerprint density at radius 3 is 2.69 bits per heavy atom. The number of carbonyl (C=O) groups excluding carboxylic acids is 1. The molecule has 4 aromatic rings. The van der Waals surface area contributed by atoms with Gasteiger partial charge in [0.2, 0.25) is 11.8 Å². The van der Waals surface area contributed by atoms with Crippen LogP contribution in [0.2, 0.25) is 5.02 Å². The molecule has 3 heterocycles. The standard InChI is InChI=1S/C28H31ClN6O4/c1-16(2)38-23-14-13-18(29)15-20(23)26-32-33-27(39-26)22-12-8-11-21(30-22)25(36)31-24-17(3)34(4)35(28(24)37)19-9-6-5-7-10-19/h5-7,9-10,13-16,21-22,30H,8,11-12H2,1-4H3,(H,31,36)/t21-,22+/m0/s1. The van der Waals surface area contributed by atoms with Crippen molar-refractivity contribution in [3.8, 4) is 22.9 Å². The second kappa shape index (κ2) is 11.1. The van der Waals surface area contributed by atoms with Crippen molar-refractivity contribution in [2.45, 2.75) is 58.2 Å². The van der Waals surface area contributed by atoms with Crippen LogP contribution in [0.25, 0.3) is 17.1 Å². The number of anilines is 1. The van der Waals surface area contributed by atoms with Crippen LogP contribution in [-0.4, -0.2) is 37.6 Å². The summed E-state index contributed by atoms with van der Waals surface area (Å²) in [5, 5.41) is 15.2. The van der Waals surface area contributed by atoms with E-state index in [9.17, 15) is 9.59 Å². The van der Waals surface area contributed by atoms with Gasteiger partial charge in [0.15, 0.2) is 0 Å². The van der Waals surface area contributed by atoms with Gasteiger partial charge in [-0.1, -0.05) is 29.8 Å². The number of halogens is 1. The summed E-state index contributed by atoms with van der Waals surface area (Å²) < 4.78 is 15.2. The molecule has 204 valence electrons. The lowest BCUT2D eigenvalue weighted by Gasteiger charge is -2.28.